The minimum absolute atomic E-state index is 0.295. The molecule has 0 radical (unpaired) electrons. The van der Waals surface area contributed by atoms with Crippen molar-refractivity contribution in [3.8, 4) is 11.3 Å². The van der Waals surface area contributed by atoms with Crippen molar-refractivity contribution >= 4 is 45.3 Å². The molecule has 11 nitrogen and oxygen atoms in total. The summed E-state index contributed by atoms with van der Waals surface area (Å²) in [5.41, 5.74) is 10.5. The molecule has 0 amide bonds. The van der Waals surface area contributed by atoms with Gasteiger partial charge in [0.15, 0.2) is 17.0 Å². The molecule has 1 aliphatic rings. The molecule has 0 saturated carbocycles. The molecule has 6 rings (SSSR count). The fourth-order valence-electron chi connectivity index (χ4n) is 4.33. The fourth-order valence-corrected chi connectivity index (χ4v) is 4.33. The average molecular weight is 487 g/mol. The first-order chi connectivity index (χ1) is 17.5. The molecular formula is C25H26N8O3. The molecule has 3 aromatic heterocycles. The lowest BCUT2D eigenvalue weighted by atomic mass is 10.1. The Labute approximate surface area is 206 Å². The Kier molecular flexibility index (Phi) is 6.46. The number of piperidine rings is 1. The molecule has 0 atom stereocenters. The van der Waals surface area contributed by atoms with Crippen molar-refractivity contribution in [1.29, 1.82) is 0 Å². The van der Waals surface area contributed by atoms with Crippen molar-refractivity contribution in [3.05, 3.63) is 54.9 Å². The largest absolute Gasteiger partial charge is 0.481 e. The minimum atomic E-state index is -0.833. The number of aliphatic carboxylic acids is 1. The quantitative estimate of drug-likeness (QED) is 0.293. The van der Waals surface area contributed by atoms with Crippen LogP contribution in [0.25, 0.3) is 33.3 Å². The minimum Gasteiger partial charge on any atom is -0.481 e. The normalized spacial score (nSPS) is 13.9. The van der Waals surface area contributed by atoms with Gasteiger partial charge in [-0.2, -0.15) is 5.10 Å². The number of fused-ring (bicyclic) bond motifs is 2. The van der Waals surface area contributed by atoms with E-state index in [0.29, 0.717) is 17.7 Å². The zero-order chi connectivity index (χ0) is 25.1. The summed E-state index contributed by atoms with van der Waals surface area (Å²) >= 11 is 0. The molecule has 5 aromatic rings. The van der Waals surface area contributed by atoms with Crippen molar-refractivity contribution in [2.24, 2.45) is 0 Å². The van der Waals surface area contributed by atoms with Crippen molar-refractivity contribution in [1.82, 2.24) is 30.2 Å². The SMILES string of the molecule is CC(=O)O.Nc1ncnc2c1c(-c1ccc(Nc3noc4ccccc34)cc1)nn2C1CCNCC1. The van der Waals surface area contributed by atoms with Crippen LogP contribution in [-0.2, 0) is 4.79 Å². The topological polar surface area (TPSA) is 157 Å². The summed E-state index contributed by atoms with van der Waals surface area (Å²) < 4.78 is 7.40. The van der Waals surface area contributed by atoms with Gasteiger partial charge >= 0.3 is 0 Å². The first-order valence-electron chi connectivity index (χ1n) is 11.6. The third-order valence-electron chi connectivity index (χ3n) is 5.97. The zero-order valence-electron chi connectivity index (χ0n) is 19.7. The summed E-state index contributed by atoms with van der Waals surface area (Å²) in [5, 5.41) is 25.0. The molecule has 1 fully saturated rings. The average Bonchev–Trinajstić information content (AvgIpc) is 3.48. The third-order valence-corrected chi connectivity index (χ3v) is 5.97. The van der Waals surface area contributed by atoms with Crippen LogP contribution in [0.3, 0.4) is 0 Å². The van der Waals surface area contributed by atoms with E-state index in [9.17, 15) is 0 Å². The van der Waals surface area contributed by atoms with Gasteiger partial charge in [0, 0.05) is 18.2 Å². The Hall–Kier alpha value is -4.51. The Morgan fingerprint density at radius 1 is 1.14 bits per heavy atom. The maximum atomic E-state index is 9.00. The molecule has 0 spiro atoms. The molecule has 36 heavy (non-hydrogen) atoms. The van der Waals surface area contributed by atoms with Gasteiger partial charge in [0.1, 0.15) is 17.8 Å². The predicted molar refractivity (Wildman–Crippen MR) is 137 cm³/mol. The number of aromatic nitrogens is 5. The van der Waals surface area contributed by atoms with Gasteiger partial charge in [-0.05, 0) is 50.2 Å². The number of carbonyl (C=O) groups is 1. The van der Waals surface area contributed by atoms with Crippen molar-refractivity contribution in [3.63, 3.8) is 0 Å². The molecule has 184 valence electrons. The maximum absolute atomic E-state index is 9.00. The highest BCUT2D eigenvalue weighted by atomic mass is 16.5. The number of nitrogens with zero attached hydrogens (tertiary/aromatic N) is 5. The molecule has 0 aliphatic carbocycles. The van der Waals surface area contributed by atoms with Crippen LogP contribution >= 0.6 is 0 Å². The number of para-hydroxylation sites is 1. The van der Waals surface area contributed by atoms with Crippen molar-refractivity contribution in [2.75, 3.05) is 24.1 Å². The molecular weight excluding hydrogens is 460 g/mol. The highest BCUT2D eigenvalue weighted by Gasteiger charge is 2.23. The van der Waals surface area contributed by atoms with Gasteiger partial charge < -0.3 is 26.0 Å². The van der Waals surface area contributed by atoms with Gasteiger partial charge in [0.2, 0.25) is 0 Å². The van der Waals surface area contributed by atoms with Gasteiger partial charge in [-0.3, -0.25) is 4.79 Å². The summed E-state index contributed by atoms with van der Waals surface area (Å²) in [4.78, 5) is 17.7. The van der Waals surface area contributed by atoms with Crippen LogP contribution in [0.15, 0.2) is 59.4 Å². The van der Waals surface area contributed by atoms with Gasteiger partial charge in [-0.15, -0.1) is 0 Å². The molecule has 1 aliphatic heterocycles. The fraction of sp³-hybridized carbons (Fsp3) is 0.240. The van der Waals surface area contributed by atoms with Gasteiger partial charge in [0.05, 0.1) is 16.8 Å². The number of hydrogen-bond acceptors (Lipinski definition) is 9. The zero-order valence-corrected chi connectivity index (χ0v) is 19.7. The molecule has 2 aromatic carbocycles. The summed E-state index contributed by atoms with van der Waals surface area (Å²) in [6.45, 7) is 3.03. The monoisotopic (exact) mass is 486 g/mol. The Morgan fingerprint density at radius 3 is 2.61 bits per heavy atom. The number of nitrogen functional groups attached to an aromatic ring is 1. The van der Waals surface area contributed by atoms with Gasteiger partial charge in [-0.1, -0.05) is 29.4 Å². The Morgan fingerprint density at radius 2 is 1.86 bits per heavy atom. The molecule has 11 heteroatoms. The van der Waals surface area contributed by atoms with Crippen LogP contribution in [0.4, 0.5) is 17.3 Å². The van der Waals surface area contributed by atoms with Gasteiger partial charge in [0.25, 0.3) is 5.97 Å². The lowest BCUT2D eigenvalue weighted by Crippen LogP contribution is -2.30. The van der Waals surface area contributed by atoms with Crippen LogP contribution in [0.5, 0.6) is 0 Å². The van der Waals surface area contributed by atoms with E-state index < -0.39 is 5.97 Å². The van der Waals surface area contributed by atoms with Crippen LogP contribution < -0.4 is 16.4 Å². The maximum Gasteiger partial charge on any atom is 0.300 e. The summed E-state index contributed by atoms with van der Waals surface area (Å²) in [6, 6.07) is 16.1. The van der Waals surface area contributed by atoms with E-state index in [1.807, 2.05) is 53.2 Å². The Bertz CT molecular complexity index is 1500. The van der Waals surface area contributed by atoms with Gasteiger partial charge in [-0.25, -0.2) is 14.6 Å². The molecule has 1 saturated heterocycles. The van der Waals surface area contributed by atoms with E-state index in [1.165, 1.54) is 6.33 Å². The highest BCUT2D eigenvalue weighted by molar-refractivity contribution is 5.98. The first-order valence-corrected chi connectivity index (χ1v) is 11.6. The Balaban J connectivity index is 0.000000623. The molecule has 4 heterocycles. The number of anilines is 3. The summed E-state index contributed by atoms with van der Waals surface area (Å²) in [5.74, 6) is 0.299. The molecule has 5 N–H and O–H groups in total. The summed E-state index contributed by atoms with van der Waals surface area (Å²) in [7, 11) is 0. The van der Waals surface area contributed by atoms with E-state index in [0.717, 1.165) is 71.8 Å². The second kappa shape index (κ2) is 10.0. The van der Waals surface area contributed by atoms with Crippen molar-refractivity contribution < 1.29 is 14.4 Å². The standard InChI is InChI=1S/C23H22N8O.C2H4O2/c24-21-19-20(29-31(23(19)27-13-26-21)16-9-11-25-12-10-16)14-5-7-15(8-6-14)28-22-17-3-1-2-4-18(17)32-30-22;1-2(3)4/h1-8,13,16,25H,9-12H2,(H,28,30)(H2,24,26,27);1H3,(H,3,4). The number of nitrogens with one attached hydrogen (secondary N) is 2. The number of rotatable bonds is 4. The van der Waals surface area contributed by atoms with E-state index in [2.05, 4.69) is 25.8 Å². The van der Waals surface area contributed by atoms with E-state index >= 15 is 0 Å². The third kappa shape index (κ3) is 4.68. The summed E-state index contributed by atoms with van der Waals surface area (Å²) in [6.07, 6.45) is 3.53. The van der Waals surface area contributed by atoms with E-state index in [-0.39, 0.29) is 0 Å². The number of nitrogens with two attached hydrogens (primary N) is 1. The second-order valence-electron chi connectivity index (χ2n) is 8.48. The van der Waals surface area contributed by atoms with Crippen molar-refractivity contribution in [2.45, 2.75) is 25.8 Å². The lowest BCUT2D eigenvalue weighted by Gasteiger charge is -2.23. The number of benzene rings is 2. The molecule has 0 unspecified atom stereocenters. The predicted octanol–water partition coefficient (Wildman–Crippen LogP) is 3.98. The first kappa shape index (κ1) is 23.2. The van der Waals surface area contributed by atoms with Crippen LogP contribution in [-0.4, -0.2) is 49.1 Å². The van der Waals surface area contributed by atoms with Crippen LogP contribution in [0.1, 0.15) is 25.8 Å². The number of hydrogen-bond donors (Lipinski definition) is 4. The number of carboxylic acids is 1. The lowest BCUT2D eigenvalue weighted by molar-refractivity contribution is -0.134. The van der Waals surface area contributed by atoms with Crippen LogP contribution in [0.2, 0.25) is 0 Å². The van der Waals surface area contributed by atoms with E-state index in [4.69, 9.17) is 25.3 Å². The van der Waals surface area contributed by atoms with Crippen LogP contribution in [0, 0.1) is 0 Å². The van der Waals surface area contributed by atoms with E-state index in [1.54, 1.807) is 0 Å². The smallest absolute Gasteiger partial charge is 0.300 e. The second-order valence-corrected chi connectivity index (χ2v) is 8.48. The number of carboxylic acid groups (broad SMARTS) is 1. The molecule has 0 bridgehead atoms. The highest BCUT2D eigenvalue weighted by Crippen LogP contribution is 2.34.